The van der Waals surface area contributed by atoms with Gasteiger partial charge in [0.05, 0.1) is 7.11 Å². The summed E-state index contributed by atoms with van der Waals surface area (Å²) in [6, 6.07) is 5.40. The van der Waals surface area contributed by atoms with Crippen molar-refractivity contribution in [2.75, 3.05) is 7.11 Å². The third kappa shape index (κ3) is 4.82. The lowest BCUT2D eigenvalue weighted by Gasteiger charge is -2.10. The molecule has 0 aliphatic carbocycles. The molecule has 8 heteroatoms. The molecule has 1 heterocycles. The number of carbonyl (C=O) groups excluding carboxylic acids is 2. The Kier molecular flexibility index (Phi) is 6.58. The van der Waals surface area contributed by atoms with Crippen molar-refractivity contribution in [3.63, 3.8) is 0 Å². The van der Waals surface area contributed by atoms with E-state index < -0.39 is 0 Å². The summed E-state index contributed by atoms with van der Waals surface area (Å²) < 4.78 is 7.34. The third-order valence-corrected chi connectivity index (χ3v) is 4.76. The van der Waals surface area contributed by atoms with Gasteiger partial charge in [-0.15, -0.1) is 10.2 Å². The normalized spacial score (nSPS) is 10.7. The number of methoxy groups -OCH3 is 1. The molecule has 0 radical (unpaired) electrons. The molecular formula is C17H22N4O3S. The van der Waals surface area contributed by atoms with E-state index in [4.69, 9.17) is 10.5 Å². The van der Waals surface area contributed by atoms with Crippen molar-refractivity contribution in [3.05, 3.63) is 35.2 Å². The van der Waals surface area contributed by atoms with Crippen LogP contribution in [-0.4, -0.2) is 33.6 Å². The molecule has 0 aliphatic rings. The maximum Gasteiger partial charge on any atom is 0.217 e. The van der Waals surface area contributed by atoms with Crippen molar-refractivity contribution >= 4 is 23.5 Å². The van der Waals surface area contributed by atoms with Crippen molar-refractivity contribution < 1.29 is 14.3 Å². The van der Waals surface area contributed by atoms with E-state index in [1.54, 1.807) is 19.2 Å². The average Bonchev–Trinajstić information content (AvgIpc) is 2.99. The fraction of sp³-hybridized carbons (Fsp3) is 0.412. The number of thioether (sulfide) groups is 1. The number of amides is 1. The first kappa shape index (κ1) is 19.0. The Labute approximate surface area is 150 Å². The smallest absolute Gasteiger partial charge is 0.217 e. The summed E-state index contributed by atoms with van der Waals surface area (Å²) in [6.07, 6.45) is 0.719. The van der Waals surface area contributed by atoms with Crippen molar-refractivity contribution in [2.24, 2.45) is 5.73 Å². The van der Waals surface area contributed by atoms with Crippen LogP contribution in [0.4, 0.5) is 0 Å². The molecule has 1 aromatic heterocycles. The van der Waals surface area contributed by atoms with Gasteiger partial charge in [-0.05, 0) is 32.0 Å². The van der Waals surface area contributed by atoms with Crippen LogP contribution in [0.5, 0.6) is 5.75 Å². The van der Waals surface area contributed by atoms with Crippen molar-refractivity contribution in [1.82, 2.24) is 14.8 Å². The number of carbonyl (C=O) groups is 2. The highest BCUT2D eigenvalue weighted by molar-refractivity contribution is 7.98. The first-order valence-corrected chi connectivity index (χ1v) is 8.95. The fourth-order valence-electron chi connectivity index (χ4n) is 2.42. The number of aromatic nitrogens is 3. The number of hydrogen-bond acceptors (Lipinski definition) is 6. The predicted octanol–water partition coefficient (Wildman–Crippen LogP) is 2.22. The van der Waals surface area contributed by atoms with Gasteiger partial charge >= 0.3 is 0 Å². The number of nitrogens with zero attached hydrogens (tertiary/aromatic N) is 3. The zero-order valence-corrected chi connectivity index (χ0v) is 15.4. The number of ketones is 1. The minimum Gasteiger partial charge on any atom is -0.496 e. The molecule has 0 fully saturated rings. The summed E-state index contributed by atoms with van der Waals surface area (Å²) in [5, 5.41) is 9.13. The number of benzene rings is 1. The molecule has 1 aromatic carbocycles. The van der Waals surface area contributed by atoms with Crippen LogP contribution < -0.4 is 10.5 Å². The topological polar surface area (TPSA) is 100 Å². The molecule has 2 rings (SSSR count). The number of aryl methyl sites for hydroxylation is 1. The van der Waals surface area contributed by atoms with Gasteiger partial charge in [0.2, 0.25) is 5.91 Å². The summed E-state index contributed by atoms with van der Waals surface area (Å²) in [6.45, 7) is 4.24. The molecule has 0 saturated heterocycles. The minimum absolute atomic E-state index is 0.0133. The van der Waals surface area contributed by atoms with E-state index in [1.165, 1.54) is 18.7 Å². The second-order valence-electron chi connectivity index (χ2n) is 5.48. The maximum atomic E-state index is 11.6. The Morgan fingerprint density at radius 3 is 2.68 bits per heavy atom. The quantitative estimate of drug-likeness (QED) is 0.542. The monoisotopic (exact) mass is 362 g/mol. The Hall–Kier alpha value is -2.35. The molecular weight excluding hydrogens is 340 g/mol. The van der Waals surface area contributed by atoms with Gasteiger partial charge in [0.1, 0.15) is 11.6 Å². The molecule has 0 bridgehead atoms. The Bertz CT molecular complexity index is 773. The highest BCUT2D eigenvalue weighted by atomic mass is 32.2. The lowest BCUT2D eigenvalue weighted by Crippen LogP contribution is -2.13. The SMILES string of the molecule is CCn1c(CCC(N)=O)nnc1SCc1cc(C(C)=O)ccc1OC. The summed E-state index contributed by atoms with van der Waals surface area (Å²) in [5.41, 5.74) is 6.77. The summed E-state index contributed by atoms with van der Waals surface area (Å²) in [4.78, 5) is 22.6. The van der Waals surface area contributed by atoms with Gasteiger partial charge in [0, 0.05) is 36.3 Å². The fourth-order valence-corrected chi connectivity index (χ4v) is 3.42. The van der Waals surface area contributed by atoms with E-state index in [9.17, 15) is 9.59 Å². The van der Waals surface area contributed by atoms with Crippen LogP contribution >= 0.6 is 11.8 Å². The van der Waals surface area contributed by atoms with Crippen LogP contribution in [0.25, 0.3) is 0 Å². The zero-order valence-electron chi connectivity index (χ0n) is 14.6. The second kappa shape index (κ2) is 8.66. The van der Waals surface area contributed by atoms with Gasteiger partial charge in [-0.1, -0.05) is 11.8 Å². The second-order valence-corrected chi connectivity index (χ2v) is 6.42. The van der Waals surface area contributed by atoms with Crippen LogP contribution in [-0.2, 0) is 23.5 Å². The van der Waals surface area contributed by atoms with Gasteiger partial charge < -0.3 is 15.0 Å². The number of rotatable bonds is 9. The third-order valence-electron chi connectivity index (χ3n) is 3.75. The lowest BCUT2D eigenvalue weighted by molar-refractivity contribution is -0.118. The van der Waals surface area contributed by atoms with E-state index in [1.807, 2.05) is 17.6 Å². The van der Waals surface area contributed by atoms with E-state index in [2.05, 4.69) is 10.2 Å². The predicted molar refractivity (Wildman–Crippen MR) is 95.8 cm³/mol. The zero-order chi connectivity index (χ0) is 18.4. The molecule has 0 spiro atoms. The Morgan fingerprint density at radius 2 is 2.08 bits per heavy atom. The van der Waals surface area contributed by atoms with E-state index in [0.29, 0.717) is 24.3 Å². The number of ether oxygens (including phenoxy) is 1. The van der Waals surface area contributed by atoms with E-state index >= 15 is 0 Å². The number of hydrogen-bond donors (Lipinski definition) is 1. The highest BCUT2D eigenvalue weighted by Gasteiger charge is 2.14. The van der Waals surface area contributed by atoms with Crippen molar-refractivity contribution in [3.8, 4) is 5.75 Å². The molecule has 0 unspecified atom stereocenters. The molecule has 0 aliphatic heterocycles. The minimum atomic E-state index is -0.356. The first-order valence-electron chi connectivity index (χ1n) is 7.97. The van der Waals surface area contributed by atoms with Crippen LogP contribution in [0.1, 0.15) is 42.0 Å². The van der Waals surface area contributed by atoms with Crippen molar-refractivity contribution in [1.29, 1.82) is 0 Å². The molecule has 7 nitrogen and oxygen atoms in total. The molecule has 1 amide bonds. The lowest BCUT2D eigenvalue weighted by atomic mass is 10.1. The molecule has 2 aromatic rings. The van der Waals surface area contributed by atoms with Gasteiger partial charge in [-0.25, -0.2) is 0 Å². The molecule has 134 valence electrons. The number of primary amides is 1. The van der Waals surface area contributed by atoms with E-state index in [0.717, 1.165) is 22.3 Å². The molecule has 2 N–H and O–H groups in total. The first-order chi connectivity index (χ1) is 12.0. The standard InChI is InChI=1S/C17H22N4O3S/c1-4-21-16(8-7-15(18)23)19-20-17(21)25-10-13-9-12(11(2)22)5-6-14(13)24-3/h5-6,9H,4,7-8,10H2,1-3H3,(H2,18,23). The average molecular weight is 362 g/mol. The highest BCUT2D eigenvalue weighted by Crippen LogP contribution is 2.28. The summed E-state index contributed by atoms with van der Waals surface area (Å²) in [7, 11) is 1.60. The van der Waals surface area contributed by atoms with E-state index in [-0.39, 0.29) is 18.1 Å². The maximum absolute atomic E-state index is 11.6. The Balaban J connectivity index is 2.17. The van der Waals surface area contributed by atoms with Crippen LogP contribution in [0.3, 0.4) is 0 Å². The van der Waals surface area contributed by atoms with Crippen LogP contribution in [0.2, 0.25) is 0 Å². The van der Waals surface area contributed by atoms with Gasteiger partial charge in [0.15, 0.2) is 10.9 Å². The van der Waals surface area contributed by atoms with Crippen LogP contribution in [0, 0.1) is 0 Å². The Morgan fingerprint density at radius 1 is 1.32 bits per heavy atom. The van der Waals surface area contributed by atoms with Crippen LogP contribution in [0.15, 0.2) is 23.4 Å². The molecule has 25 heavy (non-hydrogen) atoms. The summed E-state index contributed by atoms with van der Waals surface area (Å²) >= 11 is 1.51. The number of Topliss-reactive ketones (excluding diaryl/α,β-unsaturated/α-hetero) is 1. The molecule has 0 saturated carbocycles. The van der Waals surface area contributed by atoms with Gasteiger partial charge in [-0.3, -0.25) is 9.59 Å². The largest absolute Gasteiger partial charge is 0.496 e. The van der Waals surface area contributed by atoms with Gasteiger partial charge in [0.25, 0.3) is 0 Å². The molecule has 0 atom stereocenters. The van der Waals surface area contributed by atoms with Gasteiger partial charge in [-0.2, -0.15) is 0 Å². The summed E-state index contributed by atoms with van der Waals surface area (Å²) in [5.74, 6) is 1.73. The number of nitrogens with two attached hydrogens (primary N) is 1. The van der Waals surface area contributed by atoms with Crippen molar-refractivity contribution in [2.45, 2.75) is 44.1 Å².